The van der Waals surface area contributed by atoms with Crippen molar-refractivity contribution < 1.29 is 14.3 Å². The topological polar surface area (TPSA) is 55.4 Å². The van der Waals surface area contributed by atoms with E-state index in [0.717, 1.165) is 15.2 Å². The van der Waals surface area contributed by atoms with Gasteiger partial charge in [0.2, 0.25) is 0 Å². The zero-order chi connectivity index (χ0) is 14.7. The van der Waals surface area contributed by atoms with E-state index in [1.165, 1.54) is 7.11 Å². The largest absolute Gasteiger partial charge is 0.467 e. The SMILES string of the molecule is COC(=O)C(C)NC(=O)c1ccc2cc(Br)ccc2c1. The molecular weight excluding hydrogens is 322 g/mol. The molecule has 0 radical (unpaired) electrons. The summed E-state index contributed by atoms with van der Waals surface area (Å²) in [5.74, 6) is -0.768. The Balaban J connectivity index is 2.22. The number of hydrogen-bond donors (Lipinski definition) is 1. The lowest BCUT2D eigenvalue weighted by atomic mass is 10.1. The van der Waals surface area contributed by atoms with Crippen molar-refractivity contribution in [2.45, 2.75) is 13.0 Å². The molecule has 0 aliphatic rings. The first-order valence-electron chi connectivity index (χ1n) is 6.09. The van der Waals surface area contributed by atoms with E-state index in [0.29, 0.717) is 5.56 Å². The summed E-state index contributed by atoms with van der Waals surface area (Å²) in [6, 6.07) is 10.6. The van der Waals surface area contributed by atoms with E-state index in [1.54, 1.807) is 19.1 Å². The molecule has 20 heavy (non-hydrogen) atoms. The van der Waals surface area contributed by atoms with Crippen LogP contribution in [0.5, 0.6) is 0 Å². The van der Waals surface area contributed by atoms with E-state index < -0.39 is 12.0 Å². The average molecular weight is 336 g/mol. The molecule has 1 unspecified atom stereocenters. The van der Waals surface area contributed by atoms with Crippen LogP contribution in [0.4, 0.5) is 0 Å². The Morgan fingerprint density at radius 2 is 1.80 bits per heavy atom. The molecule has 5 heteroatoms. The molecule has 0 fully saturated rings. The summed E-state index contributed by atoms with van der Waals surface area (Å²) in [5, 5.41) is 4.60. The summed E-state index contributed by atoms with van der Waals surface area (Å²) in [6.45, 7) is 1.59. The fraction of sp³-hybridized carbons (Fsp3) is 0.200. The van der Waals surface area contributed by atoms with Crippen molar-refractivity contribution >= 4 is 38.6 Å². The third kappa shape index (κ3) is 3.17. The Bertz CT molecular complexity index is 669. The first-order valence-corrected chi connectivity index (χ1v) is 6.88. The van der Waals surface area contributed by atoms with Crippen LogP contribution in [0.2, 0.25) is 0 Å². The number of rotatable bonds is 3. The van der Waals surface area contributed by atoms with Crippen molar-refractivity contribution in [2.24, 2.45) is 0 Å². The second-order valence-corrected chi connectivity index (χ2v) is 5.34. The molecule has 2 aromatic carbocycles. The molecule has 1 atom stereocenters. The zero-order valence-electron chi connectivity index (χ0n) is 11.1. The smallest absolute Gasteiger partial charge is 0.328 e. The molecule has 1 amide bonds. The van der Waals surface area contributed by atoms with Crippen molar-refractivity contribution in [1.29, 1.82) is 0 Å². The number of halogens is 1. The summed E-state index contributed by atoms with van der Waals surface area (Å²) in [6.07, 6.45) is 0. The van der Waals surface area contributed by atoms with Gasteiger partial charge in [0.15, 0.2) is 0 Å². The highest BCUT2D eigenvalue weighted by Crippen LogP contribution is 2.21. The minimum absolute atomic E-state index is 0.298. The second-order valence-electron chi connectivity index (χ2n) is 4.42. The summed E-state index contributed by atoms with van der Waals surface area (Å²) in [7, 11) is 1.29. The third-order valence-corrected chi connectivity index (χ3v) is 3.46. The molecule has 104 valence electrons. The summed E-state index contributed by atoms with van der Waals surface area (Å²) >= 11 is 3.41. The molecule has 4 nitrogen and oxygen atoms in total. The van der Waals surface area contributed by atoms with Gasteiger partial charge in [-0.05, 0) is 42.0 Å². The third-order valence-electron chi connectivity index (χ3n) is 2.97. The molecule has 0 aliphatic heterocycles. The molecule has 0 saturated carbocycles. The van der Waals surface area contributed by atoms with Crippen LogP contribution in [0, 0.1) is 0 Å². The lowest BCUT2D eigenvalue weighted by Crippen LogP contribution is -2.39. The fourth-order valence-corrected chi connectivity index (χ4v) is 2.25. The standard InChI is InChI=1S/C15H14BrNO3/c1-9(15(19)20-2)17-14(18)12-4-3-11-8-13(16)6-5-10(11)7-12/h3-9H,1-2H3,(H,17,18). The molecule has 0 saturated heterocycles. The Labute approximate surface area is 125 Å². The minimum atomic E-state index is -0.673. The number of ether oxygens (including phenoxy) is 1. The highest BCUT2D eigenvalue weighted by atomic mass is 79.9. The van der Waals surface area contributed by atoms with Crippen LogP contribution in [-0.2, 0) is 9.53 Å². The van der Waals surface area contributed by atoms with Crippen molar-refractivity contribution in [3.05, 3.63) is 46.4 Å². The average Bonchev–Trinajstić information content (AvgIpc) is 2.45. The van der Waals surface area contributed by atoms with Crippen LogP contribution < -0.4 is 5.32 Å². The normalized spacial score (nSPS) is 11.9. The molecule has 1 N–H and O–H groups in total. The van der Waals surface area contributed by atoms with Gasteiger partial charge in [0.1, 0.15) is 6.04 Å². The number of amides is 1. The first-order chi connectivity index (χ1) is 9.51. The molecule has 0 spiro atoms. The monoisotopic (exact) mass is 335 g/mol. The van der Waals surface area contributed by atoms with Crippen molar-refractivity contribution in [1.82, 2.24) is 5.32 Å². The van der Waals surface area contributed by atoms with Gasteiger partial charge in [-0.1, -0.05) is 28.1 Å². The Kier molecular flexibility index (Phi) is 4.39. The second kappa shape index (κ2) is 6.05. The van der Waals surface area contributed by atoms with Gasteiger partial charge in [-0.2, -0.15) is 0 Å². The maximum absolute atomic E-state index is 12.1. The number of benzene rings is 2. The Morgan fingerprint density at radius 1 is 1.15 bits per heavy atom. The van der Waals surface area contributed by atoms with E-state index in [1.807, 2.05) is 24.3 Å². The van der Waals surface area contributed by atoms with Gasteiger partial charge in [0.25, 0.3) is 5.91 Å². The van der Waals surface area contributed by atoms with Gasteiger partial charge in [0.05, 0.1) is 7.11 Å². The van der Waals surface area contributed by atoms with Crippen molar-refractivity contribution in [3.63, 3.8) is 0 Å². The van der Waals surface area contributed by atoms with Crippen LogP contribution in [0.3, 0.4) is 0 Å². The minimum Gasteiger partial charge on any atom is -0.467 e. The van der Waals surface area contributed by atoms with Gasteiger partial charge in [-0.15, -0.1) is 0 Å². The zero-order valence-corrected chi connectivity index (χ0v) is 12.7. The molecule has 2 rings (SSSR count). The van der Waals surface area contributed by atoms with Gasteiger partial charge in [-0.3, -0.25) is 4.79 Å². The number of carbonyl (C=O) groups excluding carboxylic acids is 2. The summed E-state index contributed by atoms with van der Waals surface area (Å²) < 4.78 is 5.56. The molecule has 0 aliphatic carbocycles. The lowest BCUT2D eigenvalue weighted by Gasteiger charge is -2.11. The van der Waals surface area contributed by atoms with E-state index in [2.05, 4.69) is 26.0 Å². The maximum atomic E-state index is 12.1. The quantitative estimate of drug-likeness (QED) is 0.877. The maximum Gasteiger partial charge on any atom is 0.328 e. The Hall–Kier alpha value is -1.88. The number of methoxy groups -OCH3 is 1. The molecular formula is C15H14BrNO3. The predicted octanol–water partition coefficient (Wildman–Crippen LogP) is 2.89. The van der Waals surface area contributed by atoms with Gasteiger partial charge in [-0.25, -0.2) is 4.79 Å². The van der Waals surface area contributed by atoms with Crippen molar-refractivity contribution in [2.75, 3.05) is 7.11 Å². The summed E-state index contributed by atoms with van der Waals surface area (Å²) in [5.41, 5.74) is 0.510. The number of fused-ring (bicyclic) bond motifs is 1. The fourth-order valence-electron chi connectivity index (χ4n) is 1.87. The van der Waals surface area contributed by atoms with Crippen LogP contribution in [0.1, 0.15) is 17.3 Å². The van der Waals surface area contributed by atoms with E-state index in [9.17, 15) is 9.59 Å². The molecule has 2 aromatic rings. The number of hydrogen-bond acceptors (Lipinski definition) is 3. The highest BCUT2D eigenvalue weighted by Gasteiger charge is 2.16. The van der Waals surface area contributed by atoms with E-state index in [-0.39, 0.29) is 5.91 Å². The first kappa shape index (κ1) is 14.5. The number of esters is 1. The predicted molar refractivity (Wildman–Crippen MR) is 80.6 cm³/mol. The van der Waals surface area contributed by atoms with Crippen LogP contribution in [0.15, 0.2) is 40.9 Å². The van der Waals surface area contributed by atoms with Crippen LogP contribution >= 0.6 is 15.9 Å². The molecule has 0 aromatic heterocycles. The number of carbonyl (C=O) groups is 2. The summed E-state index contributed by atoms with van der Waals surface area (Å²) in [4.78, 5) is 23.3. The van der Waals surface area contributed by atoms with E-state index in [4.69, 9.17) is 0 Å². The van der Waals surface area contributed by atoms with Crippen LogP contribution in [0.25, 0.3) is 10.8 Å². The number of nitrogens with one attached hydrogen (secondary N) is 1. The van der Waals surface area contributed by atoms with Crippen LogP contribution in [-0.4, -0.2) is 25.0 Å². The van der Waals surface area contributed by atoms with Crippen molar-refractivity contribution in [3.8, 4) is 0 Å². The highest BCUT2D eigenvalue weighted by molar-refractivity contribution is 9.10. The van der Waals surface area contributed by atoms with Gasteiger partial charge in [0, 0.05) is 10.0 Å². The van der Waals surface area contributed by atoms with E-state index >= 15 is 0 Å². The van der Waals surface area contributed by atoms with Gasteiger partial charge >= 0.3 is 5.97 Å². The van der Waals surface area contributed by atoms with Gasteiger partial charge < -0.3 is 10.1 Å². The lowest BCUT2D eigenvalue weighted by molar-refractivity contribution is -0.142. The molecule has 0 heterocycles. The Morgan fingerprint density at radius 3 is 2.50 bits per heavy atom. The molecule has 0 bridgehead atoms.